The molecule has 80 valence electrons. The van der Waals surface area contributed by atoms with Crippen molar-refractivity contribution in [2.24, 2.45) is 0 Å². The number of nitrogens with zero attached hydrogens (tertiary/aromatic N) is 2. The van der Waals surface area contributed by atoms with Crippen LogP contribution in [0.3, 0.4) is 0 Å². The molecule has 0 saturated heterocycles. The van der Waals surface area contributed by atoms with Gasteiger partial charge in [0.05, 0.1) is 7.11 Å². The smallest absolute Gasteiger partial charge is 0.216 e. The summed E-state index contributed by atoms with van der Waals surface area (Å²) in [6.07, 6.45) is 2.44. The van der Waals surface area contributed by atoms with Crippen LogP contribution in [0.4, 0.5) is 0 Å². The molecule has 4 nitrogen and oxygen atoms in total. The molecule has 0 aliphatic heterocycles. The molecule has 0 spiro atoms. The molecular formula is C12H10N2O2. The predicted molar refractivity (Wildman–Crippen MR) is 59.4 cm³/mol. The Hall–Kier alpha value is -2.23. The Labute approximate surface area is 92.9 Å². The Morgan fingerprint density at radius 3 is 2.56 bits per heavy atom. The van der Waals surface area contributed by atoms with Crippen molar-refractivity contribution in [1.82, 2.24) is 9.97 Å². The predicted octanol–water partition coefficient (Wildman–Crippen LogP) is 1.96. The topological polar surface area (TPSA) is 52.1 Å². The molecule has 0 fully saturated rings. The van der Waals surface area contributed by atoms with E-state index in [1.165, 1.54) is 0 Å². The number of hydrogen-bond acceptors (Lipinski definition) is 4. The van der Waals surface area contributed by atoms with E-state index >= 15 is 0 Å². The summed E-state index contributed by atoms with van der Waals surface area (Å²) < 4.78 is 5.01. The van der Waals surface area contributed by atoms with E-state index in [1.807, 2.05) is 0 Å². The second kappa shape index (κ2) is 4.53. The number of benzene rings is 1. The quantitative estimate of drug-likeness (QED) is 0.733. The van der Waals surface area contributed by atoms with Crippen molar-refractivity contribution in [1.29, 1.82) is 0 Å². The maximum Gasteiger partial charge on any atom is 0.216 e. The van der Waals surface area contributed by atoms with Crippen LogP contribution in [-0.4, -0.2) is 23.4 Å². The number of carbonyl (C=O) groups excluding carboxylic acids is 1. The van der Waals surface area contributed by atoms with Gasteiger partial charge in [-0.1, -0.05) is 24.3 Å². The zero-order chi connectivity index (χ0) is 11.4. The number of aldehydes is 1. The van der Waals surface area contributed by atoms with Crippen molar-refractivity contribution in [2.75, 3.05) is 7.11 Å². The summed E-state index contributed by atoms with van der Waals surface area (Å²) in [6, 6.07) is 8.75. The molecule has 4 heteroatoms. The van der Waals surface area contributed by atoms with Gasteiger partial charge in [0.15, 0.2) is 5.82 Å². The largest absolute Gasteiger partial charge is 0.481 e. The molecule has 0 aliphatic rings. The molecule has 0 aliphatic carbocycles. The first kappa shape index (κ1) is 10.3. The summed E-state index contributed by atoms with van der Waals surface area (Å²) >= 11 is 0. The molecule has 2 aromatic rings. The maximum absolute atomic E-state index is 10.5. The molecule has 0 amide bonds. The summed E-state index contributed by atoms with van der Waals surface area (Å²) in [7, 11) is 1.56. The average molecular weight is 214 g/mol. The summed E-state index contributed by atoms with van der Waals surface area (Å²) in [6.45, 7) is 0. The van der Waals surface area contributed by atoms with Gasteiger partial charge in [-0.25, -0.2) is 4.98 Å². The Balaban J connectivity index is 2.38. The molecule has 1 aromatic carbocycles. The van der Waals surface area contributed by atoms with Crippen molar-refractivity contribution in [2.45, 2.75) is 0 Å². The fourth-order valence-corrected chi connectivity index (χ4v) is 1.31. The van der Waals surface area contributed by atoms with Gasteiger partial charge >= 0.3 is 0 Å². The maximum atomic E-state index is 10.5. The monoisotopic (exact) mass is 214 g/mol. The molecule has 1 heterocycles. The van der Waals surface area contributed by atoms with Crippen LogP contribution >= 0.6 is 0 Å². The lowest BCUT2D eigenvalue weighted by molar-refractivity contribution is 0.112. The first-order valence-electron chi connectivity index (χ1n) is 4.76. The van der Waals surface area contributed by atoms with Gasteiger partial charge in [-0.3, -0.25) is 4.79 Å². The third kappa shape index (κ3) is 2.06. The van der Waals surface area contributed by atoms with Gasteiger partial charge in [0, 0.05) is 23.4 Å². The van der Waals surface area contributed by atoms with E-state index in [9.17, 15) is 4.79 Å². The number of rotatable bonds is 3. The minimum Gasteiger partial charge on any atom is -0.481 e. The summed E-state index contributed by atoms with van der Waals surface area (Å²) in [5.74, 6) is 1.10. The molecular weight excluding hydrogens is 204 g/mol. The van der Waals surface area contributed by atoms with Crippen molar-refractivity contribution < 1.29 is 9.53 Å². The molecule has 0 unspecified atom stereocenters. The van der Waals surface area contributed by atoms with Crippen molar-refractivity contribution in [3.63, 3.8) is 0 Å². The van der Waals surface area contributed by atoms with Gasteiger partial charge in [-0.05, 0) is 0 Å². The lowest BCUT2D eigenvalue weighted by atomic mass is 10.1. The Morgan fingerprint density at radius 2 is 1.94 bits per heavy atom. The second-order valence-corrected chi connectivity index (χ2v) is 3.16. The first-order chi connectivity index (χ1) is 7.83. The molecule has 16 heavy (non-hydrogen) atoms. The van der Waals surface area contributed by atoms with E-state index in [0.29, 0.717) is 17.3 Å². The highest BCUT2D eigenvalue weighted by Gasteiger charge is 2.02. The van der Waals surface area contributed by atoms with Crippen LogP contribution in [-0.2, 0) is 0 Å². The van der Waals surface area contributed by atoms with Crippen LogP contribution in [0.5, 0.6) is 5.88 Å². The average Bonchev–Trinajstić information content (AvgIpc) is 2.39. The number of aromatic nitrogens is 2. The van der Waals surface area contributed by atoms with E-state index in [0.717, 1.165) is 11.8 Å². The molecule has 0 saturated carbocycles. The number of methoxy groups -OCH3 is 1. The van der Waals surface area contributed by atoms with Gasteiger partial charge in [0.1, 0.15) is 6.29 Å². The normalized spacial score (nSPS) is 9.81. The fourth-order valence-electron chi connectivity index (χ4n) is 1.31. The lowest BCUT2D eigenvalue weighted by Crippen LogP contribution is -1.92. The van der Waals surface area contributed by atoms with E-state index in [1.54, 1.807) is 43.6 Å². The first-order valence-corrected chi connectivity index (χ1v) is 4.76. The highest BCUT2D eigenvalue weighted by Crippen LogP contribution is 2.17. The van der Waals surface area contributed by atoms with E-state index in [2.05, 4.69) is 9.97 Å². The third-order valence-corrected chi connectivity index (χ3v) is 2.14. The summed E-state index contributed by atoms with van der Waals surface area (Å²) in [5, 5.41) is 0. The van der Waals surface area contributed by atoms with Crippen LogP contribution in [0.15, 0.2) is 36.5 Å². The highest BCUT2D eigenvalue weighted by atomic mass is 16.5. The van der Waals surface area contributed by atoms with Gasteiger partial charge in [-0.15, -0.1) is 0 Å². The number of hydrogen-bond donors (Lipinski definition) is 0. The third-order valence-electron chi connectivity index (χ3n) is 2.14. The molecule has 0 bridgehead atoms. The minimum atomic E-state index is 0.518. The van der Waals surface area contributed by atoms with Gasteiger partial charge < -0.3 is 4.74 Å². The Morgan fingerprint density at radius 1 is 1.19 bits per heavy atom. The zero-order valence-electron chi connectivity index (χ0n) is 8.75. The van der Waals surface area contributed by atoms with Gasteiger partial charge in [-0.2, -0.15) is 4.98 Å². The molecule has 0 atom stereocenters. The minimum absolute atomic E-state index is 0.518. The van der Waals surface area contributed by atoms with E-state index < -0.39 is 0 Å². The van der Waals surface area contributed by atoms with Crippen LogP contribution in [0.25, 0.3) is 11.4 Å². The van der Waals surface area contributed by atoms with Crippen LogP contribution in [0, 0.1) is 0 Å². The van der Waals surface area contributed by atoms with Crippen molar-refractivity contribution in [3.05, 3.63) is 42.1 Å². The van der Waals surface area contributed by atoms with Crippen molar-refractivity contribution in [3.8, 4) is 17.3 Å². The van der Waals surface area contributed by atoms with E-state index in [-0.39, 0.29) is 0 Å². The summed E-state index contributed by atoms with van der Waals surface area (Å²) in [5.41, 5.74) is 1.48. The highest BCUT2D eigenvalue weighted by molar-refractivity contribution is 5.76. The van der Waals surface area contributed by atoms with Gasteiger partial charge in [0.2, 0.25) is 5.88 Å². The molecule has 2 rings (SSSR count). The summed E-state index contributed by atoms with van der Waals surface area (Å²) in [4.78, 5) is 18.8. The van der Waals surface area contributed by atoms with Crippen LogP contribution in [0.2, 0.25) is 0 Å². The molecule has 0 N–H and O–H groups in total. The van der Waals surface area contributed by atoms with E-state index in [4.69, 9.17) is 4.74 Å². The molecule has 1 aromatic heterocycles. The lowest BCUT2D eigenvalue weighted by Gasteiger charge is -2.02. The second-order valence-electron chi connectivity index (χ2n) is 3.16. The fraction of sp³-hybridized carbons (Fsp3) is 0.0833. The van der Waals surface area contributed by atoms with Crippen LogP contribution < -0.4 is 4.74 Å². The SMILES string of the molecule is COc1ccnc(-c2ccc(C=O)cc2)n1. The van der Waals surface area contributed by atoms with Crippen LogP contribution in [0.1, 0.15) is 10.4 Å². The Kier molecular flexibility index (Phi) is 2.91. The molecule has 0 radical (unpaired) electrons. The number of carbonyl (C=O) groups is 1. The zero-order valence-corrected chi connectivity index (χ0v) is 8.75. The standard InChI is InChI=1S/C12H10N2O2/c1-16-11-6-7-13-12(14-11)10-4-2-9(8-15)3-5-10/h2-8H,1H3. The van der Waals surface area contributed by atoms with Gasteiger partial charge in [0.25, 0.3) is 0 Å². The number of ether oxygens (including phenoxy) is 1. The van der Waals surface area contributed by atoms with Crippen molar-refractivity contribution >= 4 is 6.29 Å². The Bertz CT molecular complexity index is 495.